The average Bonchev–Trinajstić information content (AvgIpc) is 3.09. The maximum absolute atomic E-state index is 13.0. The number of esters is 1. The molecular formula is C45H58O5. The van der Waals surface area contributed by atoms with Gasteiger partial charge in [-0.05, 0) is 121 Å². The van der Waals surface area contributed by atoms with E-state index in [2.05, 4.69) is 40.7 Å². The van der Waals surface area contributed by atoms with E-state index in [0.29, 0.717) is 16.7 Å². The minimum atomic E-state index is -0.423. The Morgan fingerprint density at radius 3 is 2.56 bits per heavy atom. The molecule has 50 heavy (non-hydrogen) atoms. The van der Waals surface area contributed by atoms with Crippen LogP contribution in [0.3, 0.4) is 0 Å². The lowest BCUT2D eigenvalue weighted by atomic mass is 9.44. The van der Waals surface area contributed by atoms with E-state index in [-0.39, 0.29) is 24.1 Å². The molecule has 7 rings (SSSR count). The zero-order valence-corrected chi connectivity index (χ0v) is 31.0. The SMILES string of the molecule is CC(C)CCC[C@@H](C)[C@@H]1CC[C@@H]2[C@@H]3CC=C4C[C@H](OC(=O)COc5ccc6c(-c7ccccc7)cc(=O)oc6c5)CC[C@]4(C)[C@@H]3CC[C@]2(C)C1. The van der Waals surface area contributed by atoms with E-state index in [1.807, 2.05) is 42.5 Å². The van der Waals surface area contributed by atoms with E-state index >= 15 is 0 Å². The summed E-state index contributed by atoms with van der Waals surface area (Å²) in [5, 5.41) is 0.816. The van der Waals surface area contributed by atoms with Crippen LogP contribution < -0.4 is 10.4 Å². The first kappa shape index (κ1) is 35.1. The predicted molar refractivity (Wildman–Crippen MR) is 201 cm³/mol. The Balaban J connectivity index is 0.945. The third-order valence-corrected chi connectivity index (χ3v) is 13.9. The fourth-order valence-electron chi connectivity index (χ4n) is 11.1. The number of carbonyl (C=O) groups is 1. The fraction of sp³-hybridized carbons (Fsp3) is 0.600. The van der Waals surface area contributed by atoms with Crippen molar-refractivity contribution in [3.63, 3.8) is 0 Å². The van der Waals surface area contributed by atoms with E-state index in [4.69, 9.17) is 13.9 Å². The van der Waals surface area contributed by atoms with Crippen molar-refractivity contribution in [1.29, 1.82) is 0 Å². The minimum absolute atomic E-state index is 0.105. The first-order valence-electron chi connectivity index (χ1n) is 19.7. The van der Waals surface area contributed by atoms with Gasteiger partial charge in [0.25, 0.3) is 0 Å². The number of benzene rings is 2. The number of allylic oxidation sites excluding steroid dienone is 1. The molecule has 0 amide bonds. The third kappa shape index (κ3) is 7.08. The second-order valence-electron chi connectivity index (χ2n) is 17.4. The lowest BCUT2D eigenvalue weighted by molar-refractivity contribution is -0.154. The highest BCUT2D eigenvalue weighted by Crippen LogP contribution is 2.65. The first-order chi connectivity index (χ1) is 24.0. The molecule has 0 radical (unpaired) electrons. The highest BCUT2D eigenvalue weighted by molar-refractivity contribution is 5.93. The van der Waals surface area contributed by atoms with Crippen LogP contribution >= 0.6 is 0 Å². The average molecular weight is 679 g/mol. The van der Waals surface area contributed by atoms with Crippen molar-refractivity contribution in [2.45, 2.75) is 118 Å². The second-order valence-corrected chi connectivity index (χ2v) is 17.4. The van der Waals surface area contributed by atoms with Gasteiger partial charge < -0.3 is 13.9 Å². The van der Waals surface area contributed by atoms with Crippen LogP contribution in [0.2, 0.25) is 0 Å². The maximum atomic E-state index is 13.0. The molecule has 0 spiro atoms. The van der Waals surface area contributed by atoms with Crippen LogP contribution in [0.4, 0.5) is 0 Å². The molecule has 4 aliphatic carbocycles. The van der Waals surface area contributed by atoms with Gasteiger partial charge in [0.2, 0.25) is 0 Å². The summed E-state index contributed by atoms with van der Waals surface area (Å²) in [5.74, 6) is 5.07. The molecule has 3 saturated carbocycles. The van der Waals surface area contributed by atoms with Crippen LogP contribution in [0.1, 0.15) is 112 Å². The van der Waals surface area contributed by atoms with Gasteiger partial charge in [-0.3, -0.25) is 0 Å². The summed E-state index contributed by atoms with van der Waals surface area (Å²) in [6.45, 7) is 12.3. The highest BCUT2D eigenvalue weighted by atomic mass is 16.6. The largest absolute Gasteiger partial charge is 0.482 e. The number of carbonyl (C=O) groups excluding carboxylic acids is 1. The second kappa shape index (κ2) is 14.4. The Bertz CT molecular complexity index is 1750. The molecule has 0 bridgehead atoms. The van der Waals surface area contributed by atoms with E-state index in [0.717, 1.165) is 71.3 Å². The van der Waals surface area contributed by atoms with Gasteiger partial charge in [0.1, 0.15) is 17.4 Å². The number of fused-ring (bicyclic) bond motifs is 6. The van der Waals surface area contributed by atoms with Crippen LogP contribution in [0.5, 0.6) is 5.75 Å². The molecule has 5 heteroatoms. The molecule has 0 aliphatic heterocycles. The zero-order chi connectivity index (χ0) is 35.0. The fourth-order valence-corrected chi connectivity index (χ4v) is 11.1. The summed E-state index contributed by atoms with van der Waals surface area (Å²) in [4.78, 5) is 25.4. The molecule has 1 heterocycles. The molecule has 3 aromatic rings. The molecule has 0 N–H and O–H groups in total. The smallest absolute Gasteiger partial charge is 0.344 e. The quantitative estimate of drug-likeness (QED) is 0.121. The Hall–Kier alpha value is -3.34. The summed E-state index contributed by atoms with van der Waals surface area (Å²) in [5.41, 5.74) is 3.99. The molecule has 4 aliphatic rings. The van der Waals surface area contributed by atoms with Crippen LogP contribution in [-0.4, -0.2) is 18.7 Å². The Morgan fingerprint density at radius 1 is 0.940 bits per heavy atom. The summed E-state index contributed by atoms with van der Waals surface area (Å²) in [6.07, 6.45) is 17.6. The Labute approximate surface area is 299 Å². The topological polar surface area (TPSA) is 65.7 Å². The number of hydrogen-bond acceptors (Lipinski definition) is 5. The van der Waals surface area contributed by atoms with Gasteiger partial charge in [-0.2, -0.15) is 0 Å². The zero-order valence-electron chi connectivity index (χ0n) is 31.0. The summed E-state index contributed by atoms with van der Waals surface area (Å²) in [6, 6.07) is 16.7. The van der Waals surface area contributed by atoms with Crippen LogP contribution in [0, 0.1) is 46.3 Å². The molecule has 3 fully saturated rings. The highest BCUT2D eigenvalue weighted by Gasteiger charge is 2.56. The number of rotatable bonds is 10. The van der Waals surface area contributed by atoms with E-state index < -0.39 is 5.63 Å². The summed E-state index contributed by atoms with van der Waals surface area (Å²) < 4.78 is 17.4. The van der Waals surface area contributed by atoms with Gasteiger partial charge in [-0.1, -0.05) is 95.9 Å². The Kier molecular flexibility index (Phi) is 10.1. The van der Waals surface area contributed by atoms with Gasteiger partial charge >= 0.3 is 11.6 Å². The van der Waals surface area contributed by atoms with Crippen LogP contribution in [0.25, 0.3) is 22.1 Å². The molecule has 8 atom stereocenters. The molecule has 2 aromatic carbocycles. The maximum Gasteiger partial charge on any atom is 0.344 e. The van der Waals surface area contributed by atoms with Crippen molar-refractivity contribution >= 4 is 16.9 Å². The number of hydrogen-bond donors (Lipinski definition) is 0. The van der Waals surface area contributed by atoms with Crippen molar-refractivity contribution in [1.82, 2.24) is 0 Å². The van der Waals surface area contributed by atoms with Crippen LogP contribution in [0.15, 0.2) is 75.5 Å². The lowest BCUT2D eigenvalue weighted by Gasteiger charge is -2.61. The Morgan fingerprint density at radius 2 is 1.76 bits per heavy atom. The van der Waals surface area contributed by atoms with Crippen LogP contribution in [-0.2, 0) is 9.53 Å². The van der Waals surface area contributed by atoms with E-state index in [1.165, 1.54) is 69.4 Å². The van der Waals surface area contributed by atoms with Gasteiger partial charge in [0, 0.05) is 23.9 Å². The lowest BCUT2D eigenvalue weighted by Crippen LogP contribution is -2.52. The molecule has 0 saturated heterocycles. The molecule has 5 nitrogen and oxygen atoms in total. The van der Waals surface area contributed by atoms with Gasteiger partial charge in [-0.15, -0.1) is 0 Å². The summed E-state index contributed by atoms with van der Waals surface area (Å²) >= 11 is 0. The molecular weight excluding hydrogens is 620 g/mol. The molecule has 0 unspecified atom stereocenters. The molecule has 268 valence electrons. The number of ether oxygens (including phenoxy) is 2. The third-order valence-electron chi connectivity index (χ3n) is 13.9. The minimum Gasteiger partial charge on any atom is -0.482 e. The van der Waals surface area contributed by atoms with E-state index in [9.17, 15) is 9.59 Å². The normalized spacial score (nSPS) is 31.2. The van der Waals surface area contributed by atoms with Crippen molar-refractivity contribution in [2.24, 2.45) is 46.3 Å². The van der Waals surface area contributed by atoms with Gasteiger partial charge in [-0.25, -0.2) is 9.59 Å². The van der Waals surface area contributed by atoms with E-state index in [1.54, 1.807) is 6.07 Å². The van der Waals surface area contributed by atoms with Gasteiger partial charge in [0.05, 0.1) is 0 Å². The van der Waals surface area contributed by atoms with Crippen molar-refractivity contribution in [3.05, 3.63) is 76.7 Å². The van der Waals surface area contributed by atoms with Gasteiger partial charge in [0.15, 0.2) is 6.61 Å². The standard InChI is InChI=1S/C45H58O5/c1-29(2)10-9-11-30(3)32-14-19-39-37-17-15-33-24-35(20-23-45(33,5)40(37)21-22-44(39,4)27-32)49-43(47)28-48-34-16-18-36-38(31-12-7-6-8-13-31)26-42(46)50-41(36)25-34/h6-8,12-13,15-16,18,25-26,29-30,32,35,37,39-40H,9-11,14,17,19-24,27-28H2,1-5H3/t30-,32-,35-,37+,39-,40-,44-,45+/m1/s1. The predicted octanol–water partition coefficient (Wildman–Crippen LogP) is 11.2. The monoisotopic (exact) mass is 678 g/mol. The van der Waals surface area contributed by atoms with Crippen molar-refractivity contribution < 1.29 is 18.7 Å². The first-order valence-corrected chi connectivity index (χ1v) is 19.7. The summed E-state index contributed by atoms with van der Waals surface area (Å²) in [7, 11) is 0. The molecule has 1 aromatic heterocycles. The van der Waals surface area contributed by atoms with Crippen molar-refractivity contribution in [3.8, 4) is 16.9 Å². The van der Waals surface area contributed by atoms with Crippen molar-refractivity contribution in [2.75, 3.05) is 6.61 Å².